The van der Waals surface area contributed by atoms with Gasteiger partial charge >= 0.3 is 0 Å². The van der Waals surface area contributed by atoms with Crippen LogP contribution in [0, 0.1) is 6.92 Å². The van der Waals surface area contributed by atoms with Crippen LogP contribution in [0.25, 0.3) is 10.8 Å². The van der Waals surface area contributed by atoms with Gasteiger partial charge in [-0.15, -0.1) is 0 Å². The zero-order valence-corrected chi connectivity index (χ0v) is 14.2. The van der Waals surface area contributed by atoms with Crippen LogP contribution in [0.5, 0.6) is 0 Å². The van der Waals surface area contributed by atoms with E-state index in [4.69, 9.17) is 4.42 Å². The van der Waals surface area contributed by atoms with Crippen molar-refractivity contribution >= 4 is 16.7 Å². The zero-order valence-electron chi connectivity index (χ0n) is 14.2. The predicted molar refractivity (Wildman–Crippen MR) is 96.2 cm³/mol. The molecular weight excluding hydrogens is 300 g/mol. The number of hydrogen-bond donors (Lipinski definition) is 1. The topological polar surface area (TPSA) is 45.5 Å². The summed E-state index contributed by atoms with van der Waals surface area (Å²) in [5.41, 5.74) is 0.696. The largest absolute Gasteiger partial charge is 0.465 e. The third kappa shape index (κ3) is 3.34. The number of rotatable bonds is 5. The molecule has 1 heterocycles. The first kappa shape index (κ1) is 16.3. The van der Waals surface area contributed by atoms with Crippen LogP contribution < -0.4 is 5.32 Å². The summed E-state index contributed by atoms with van der Waals surface area (Å²) < 4.78 is 5.72. The fourth-order valence-electron chi connectivity index (χ4n) is 2.88. The summed E-state index contributed by atoms with van der Waals surface area (Å²) in [6, 6.07) is 17.6. The van der Waals surface area contributed by atoms with E-state index in [1.807, 2.05) is 80.5 Å². The van der Waals surface area contributed by atoms with E-state index >= 15 is 0 Å². The van der Waals surface area contributed by atoms with E-state index in [2.05, 4.69) is 5.32 Å². The highest BCUT2D eigenvalue weighted by Crippen LogP contribution is 2.21. The lowest BCUT2D eigenvalue weighted by Crippen LogP contribution is -2.34. The third-order valence-corrected chi connectivity index (χ3v) is 4.20. The molecule has 0 saturated heterocycles. The minimum atomic E-state index is -0.0677. The Morgan fingerprint density at radius 2 is 1.83 bits per heavy atom. The number of likely N-dealkylation sites (N-methyl/N-ethyl adjacent to an activating group) is 1. The molecule has 24 heavy (non-hydrogen) atoms. The number of hydrogen-bond acceptors (Lipinski definition) is 3. The highest BCUT2D eigenvalue weighted by molar-refractivity contribution is 6.07. The van der Waals surface area contributed by atoms with Crippen molar-refractivity contribution in [2.45, 2.75) is 13.0 Å². The monoisotopic (exact) mass is 322 g/mol. The average molecular weight is 322 g/mol. The van der Waals surface area contributed by atoms with Crippen molar-refractivity contribution in [3.8, 4) is 0 Å². The van der Waals surface area contributed by atoms with Gasteiger partial charge in [0.15, 0.2) is 0 Å². The normalized spacial score (nSPS) is 12.5. The van der Waals surface area contributed by atoms with Crippen LogP contribution in [0.1, 0.15) is 27.9 Å². The second-order valence-electron chi connectivity index (χ2n) is 6.16. The number of benzene rings is 2. The maximum atomic E-state index is 12.7. The van der Waals surface area contributed by atoms with Crippen LogP contribution in [0.2, 0.25) is 0 Å². The molecule has 4 nitrogen and oxygen atoms in total. The van der Waals surface area contributed by atoms with Crippen molar-refractivity contribution in [1.82, 2.24) is 10.2 Å². The highest BCUT2D eigenvalue weighted by atomic mass is 16.3. The van der Waals surface area contributed by atoms with Gasteiger partial charge in [-0.05, 0) is 50.0 Å². The van der Waals surface area contributed by atoms with Gasteiger partial charge in [0, 0.05) is 12.1 Å². The van der Waals surface area contributed by atoms with E-state index in [9.17, 15) is 4.79 Å². The second kappa shape index (κ2) is 6.89. The van der Waals surface area contributed by atoms with Gasteiger partial charge in [0.1, 0.15) is 11.5 Å². The second-order valence-corrected chi connectivity index (χ2v) is 6.16. The summed E-state index contributed by atoms with van der Waals surface area (Å²) in [6.07, 6.45) is 0. The first-order valence-electron chi connectivity index (χ1n) is 8.05. The lowest BCUT2D eigenvalue weighted by Gasteiger charge is -2.22. The molecule has 4 heteroatoms. The molecule has 0 saturated carbocycles. The number of carbonyl (C=O) groups excluding carboxylic acids is 1. The number of carbonyl (C=O) groups is 1. The van der Waals surface area contributed by atoms with Crippen molar-refractivity contribution in [2.75, 3.05) is 20.6 Å². The summed E-state index contributed by atoms with van der Waals surface area (Å²) >= 11 is 0. The van der Waals surface area contributed by atoms with Crippen LogP contribution in [0.15, 0.2) is 59.0 Å². The van der Waals surface area contributed by atoms with Crippen molar-refractivity contribution in [3.63, 3.8) is 0 Å². The van der Waals surface area contributed by atoms with Crippen LogP contribution in [-0.2, 0) is 0 Å². The molecule has 0 aliphatic rings. The van der Waals surface area contributed by atoms with Crippen LogP contribution >= 0.6 is 0 Å². The van der Waals surface area contributed by atoms with E-state index in [0.29, 0.717) is 12.1 Å². The third-order valence-electron chi connectivity index (χ3n) is 4.20. The Bertz CT molecular complexity index is 846. The summed E-state index contributed by atoms with van der Waals surface area (Å²) in [4.78, 5) is 14.7. The Morgan fingerprint density at radius 1 is 1.08 bits per heavy atom. The molecule has 3 rings (SSSR count). The summed E-state index contributed by atoms with van der Waals surface area (Å²) in [5.74, 6) is 1.66. The van der Waals surface area contributed by atoms with Gasteiger partial charge < -0.3 is 9.73 Å². The lowest BCUT2D eigenvalue weighted by molar-refractivity contribution is 0.0940. The van der Waals surface area contributed by atoms with Gasteiger partial charge in [0.25, 0.3) is 5.91 Å². The molecule has 0 radical (unpaired) electrons. The number of aryl methyl sites for hydroxylation is 1. The van der Waals surface area contributed by atoms with E-state index < -0.39 is 0 Å². The number of nitrogens with zero attached hydrogens (tertiary/aromatic N) is 1. The van der Waals surface area contributed by atoms with Gasteiger partial charge in [-0.25, -0.2) is 0 Å². The maximum Gasteiger partial charge on any atom is 0.251 e. The Morgan fingerprint density at radius 3 is 2.54 bits per heavy atom. The first-order chi connectivity index (χ1) is 11.6. The molecule has 1 aromatic heterocycles. The minimum absolute atomic E-state index is 0.00220. The molecule has 1 N–H and O–H groups in total. The fourth-order valence-corrected chi connectivity index (χ4v) is 2.88. The van der Waals surface area contributed by atoms with Crippen molar-refractivity contribution in [1.29, 1.82) is 0 Å². The molecule has 1 atom stereocenters. The quantitative estimate of drug-likeness (QED) is 0.777. The van der Waals surface area contributed by atoms with E-state index in [1.165, 1.54) is 0 Å². The Kier molecular flexibility index (Phi) is 4.67. The van der Waals surface area contributed by atoms with Gasteiger partial charge in [-0.3, -0.25) is 9.69 Å². The summed E-state index contributed by atoms with van der Waals surface area (Å²) in [6.45, 7) is 2.41. The Labute approximate surface area is 142 Å². The summed E-state index contributed by atoms with van der Waals surface area (Å²) in [5, 5.41) is 5.07. The fraction of sp³-hybridized carbons (Fsp3) is 0.250. The Balaban J connectivity index is 1.78. The molecule has 3 aromatic rings. The maximum absolute atomic E-state index is 12.7. The van der Waals surface area contributed by atoms with Crippen molar-refractivity contribution in [2.24, 2.45) is 0 Å². The molecule has 0 bridgehead atoms. The Hall–Kier alpha value is -2.59. The molecule has 2 aromatic carbocycles. The van der Waals surface area contributed by atoms with Crippen LogP contribution in [0.3, 0.4) is 0 Å². The number of nitrogens with one attached hydrogen (secondary N) is 1. The van der Waals surface area contributed by atoms with E-state index in [1.54, 1.807) is 0 Å². The molecule has 0 unspecified atom stereocenters. The number of amides is 1. The molecule has 124 valence electrons. The number of fused-ring (bicyclic) bond motifs is 1. The van der Waals surface area contributed by atoms with Crippen molar-refractivity contribution in [3.05, 3.63) is 71.7 Å². The minimum Gasteiger partial charge on any atom is -0.465 e. The molecule has 0 fully saturated rings. The highest BCUT2D eigenvalue weighted by Gasteiger charge is 2.19. The summed E-state index contributed by atoms with van der Waals surface area (Å²) in [7, 11) is 3.96. The molecule has 0 spiro atoms. The predicted octanol–water partition coefficient (Wildman–Crippen LogP) is 3.77. The smallest absolute Gasteiger partial charge is 0.251 e. The van der Waals surface area contributed by atoms with Crippen LogP contribution in [0.4, 0.5) is 0 Å². The number of furan rings is 1. The molecule has 0 aliphatic heterocycles. The van der Waals surface area contributed by atoms with Gasteiger partial charge in [-0.2, -0.15) is 0 Å². The van der Waals surface area contributed by atoms with E-state index in [-0.39, 0.29) is 11.9 Å². The van der Waals surface area contributed by atoms with Gasteiger partial charge in [-0.1, -0.05) is 36.4 Å². The molecule has 0 aliphatic carbocycles. The SMILES string of the molecule is Cc1ccc([C@@H](CNC(=O)c2cccc3ccccc23)N(C)C)o1. The van der Waals surface area contributed by atoms with E-state index in [0.717, 1.165) is 22.3 Å². The molecule has 1 amide bonds. The lowest BCUT2D eigenvalue weighted by atomic mass is 10.0. The first-order valence-corrected chi connectivity index (χ1v) is 8.05. The zero-order chi connectivity index (χ0) is 17.1. The van der Waals surface area contributed by atoms with Gasteiger partial charge in [0.2, 0.25) is 0 Å². The average Bonchev–Trinajstić information content (AvgIpc) is 3.00. The van der Waals surface area contributed by atoms with Crippen LogP contribution in [-0.4, -0.2) is 31.4 Å². The van der Waals surface area contributed by atoms with Gasteiger partial charge in [0.05, 0.1) is 6.04 Å². The van der Waals surface area contributed by atoms with Crippen molar-refractivity contribution < 1.29 is 9.21 Å². The molecular formula is C20H22N2O2. The standard InChI is InChI=1S/C20H22N2O2/c1-14-11-12-19(24-14)18(22(2)3)13-21-20(23)17-10-6-8-15-7-4-5-9-16(15)17/h4-12,18H,13H2,1-3H3,(H,21,23)/t18-/m1/s1.